The topological polar surface area (TPSA) is 78.9 Å². The lowest BCUT2D eigenvalue weighted by molar-refractivity contribution is -0.133. The van der Waals surface area contributed by atoms with Gasteiger partial charge in [-0.05, 0) is 62.6 Å². The van der Waals surface area contributed by atoms with Gasteiger partial charge in [0.25, 0.3) is 5.91 Å². The van der Waals surface area contributed by atoms with Crippen molar-refractivity contribution in [2.75, 3.05) is 13.2 Å². The van der Waals surface area contributed by atoms with Gasteiger partial charge in [-0.15, -0.1) is 0 Å². The van der Waals surface area contributed by atoms with Crippen LogP contribution < -0.4 is 10.1 Å². The fraction of sp³-hybridized carbons (Fsp3) is 0.600. The van der Waals surface area contributed by atoms with Crippen LogP contribution >= 0.6 is 0 Å². The van der Waals surface area contributed by atoms with E-state index in [1.165, 1.54) is 0 Å². The number of rotatable bonds is 5. The number of hydrogen-bond acceptors (Lipinski definition) is 4. The molecule has 3 rings (SSSR count). The van der Waals surface area contributed by atoms with Gasteiger partial charge in [0.2, 0.25) is 0 Å². The summed E-state index contributed by atoms with van der Waals surface area (Å²) in [5, 5.41) is 13.2. The molecule has 0 unspecified atom stereocenters. The minimum atomic E-state index is -0.928. The molecular weight excluding hydrogens is 332 g/mol. The van der Waals surface area contributed by atoms with Crippen molar-refractivity contribution < 1.29 is 19.4 Å². The Bertz CT molecular complexity index is 695. The maximum atomic E-state index is 12.8. The van der Waals surface area contributed by atoms with E-state index in [9.17, 15) is 14.7 Å². The smallest absolute Gasteiger partial charge is 0.325 e. The maximum absolute atomic E-state index is 12.8. The third kappa shape index (κ3) is 3.70. The first-order valence-electron chi connectivity index (χ1n) is 9.33. The second-order valence-electron chi connectivity index (χ2n) is 7.84. The summed E-state index contributed by atoms with van der Waals surface area (Å²) in [5.41, 5.74) is 1.29. The Kier molecular flexibility index (Phi) is 5.23. The van der Waals surface area contributed by atoms with Gasteiger partial charge < -0.3 is 15.2 Å². The molecule has 1 aliphatic carbocycles. The summed E-state index contributed by atoms with van der Waals surface area (Å²) in [5.74, 6) is 1.08. The lowest BCUT2D eigenvalue weighted by atomic mass is 9.77. The SMILES string of the molecule is Cc1ccc(C)c(OC[C@@H](O)CN2C(=O)NC3(CCC(C)CC3)C2=O)c1. The number of aryl methyl sites for hydroxylation is 2. The number of β-amino-alcohol motifs (C(OH)–C–C–N with tert-alkyl or cyclic N) is 1. The Morgan fingerprint density at radius 2 is 2.00 bits per heavy atom. The first-order valence-corrected chi connectivity index (χ1v) is 9.33. The van der Waals surface area contributed by atoms with E-state index >= 15 is 0 Å². The van der Waals surface area contributed by atoms with E-state index in [1.807, 2.05) is 32.0 Å². The third-order valence-corrected chi connectivity index (χ3v) is 5.54. The fourth-order valence-corrected chi connectivity index (χ4v) is 3.75. The van der Waals surface area contributed by atoms with E-state index in [0.717, 1.165) is 28.9 Å². The van der Waals surface area contributed by atoms with Gasteiger partial charge in [-0.25, -0.2) is 4.79 Å². The number of carbonyl (C=O) groups excluding carboxylic acids is 2. The van der Waals surface area contributed by atoms with Crippen LogP contribution in [0, 0.1) is 19.8 Å². The minimum absolute atomic E-state index is 0.0331. The number of nitrogens with zero attached hydrogens (tertiary/aromatic N) is 1. The summed E-state index contributed by atoms with van der Waals surface area (Å²) in [4.78, 5) is 26.2. The molecule has 1 heterocycles. The van der Waals surface area contributed by atoms with Gasteiger partial charge in [0.15, 0.2) is 0 Å². The van der Waals surface area contributed by atoms with E-state index < -0.39 is 17.7 Å². The van der Waals surface area contributed by atoms with Crippen molar-refractivity contribution in [1.82, 2.24) is 10.2 Å². The molecule has 1 aromatic carbocycles. The van der Waals surface area contributed by atoms with Gasteiger partial charge in [0, 0.05) is 0 Å². The highest BCUT2D eigenvalue weighted by Gasteiger charge is 2.52. The summed E-state index contributed by atoms with van der Waals surface area (Å²) < 4.78 is 5.69. The number of urea groups is 1. The van der Waals surface area contributed by atoms with Crippen molar-refractivity contribution in [3.05, 3.63) is 29.3 Å². The van der Waals surface area contributed by atoms with Crippen LogP contribution in [-0.4, -0.2) is 46.7 Å². The zero-order valence-electron chi connectivity index (χ0n) is 15.7. The van der Waals surface area contributed by atoms with Crippen LogP contribution in [0.4, 0.5) is 4.79 Å². The number of amides is 3. The zero-order chi connectivity index (χ0) is 18.9. The number of imide groups is 1. The lowest BCUT2D eigenvalue weighted by Crippen LogP contribution is -2.49. The summed E-state index contributed by atoms with van der Waals surface area (Å²) in [6.45, 7) is 6.06. The molecule has 6 heteroatoms. The van der Waals surface area contributed by atoms with Crippen molar-refractivity contribution in [2.24, 2.45) is 5.92 Å². The number of aliphatic hydroxyl groups is 1. The van der Waals surface area contributed by atoms with Crippen LogP contribution in [-0.2, 0) is 4.79 Å². The summed E-state index contributed by atoms with van der Waals surface area (Å²) >= 11 is 0. The van der Waals surface area contributed by atoms with Gasteiger partial charge in [0.1, 0.15) is 24.0 Å². The molecule has 0 aromatic heterocycles. The number of ether oxygens (including phenoxy) is 1. The number of nitrogens with one attached hydrogen (secondary N) is 1. The van der Waals surface area contributed by atoms with Gasteiger partial charge in [-0.1, -0.05) is 19.1 Å². The van der Waals surface area contributed by atoms with E-state index in [-0.39, 0.29) is 19.1 Å². The maximum Gasteiger partial charge on any atom is 0.325 e. The molecule has 26 heavy (non-hydrogen) atoms. The van der Waals surface area contributed by atoms with Crippen LogP contribution in [0.3, 0.4) is 0 Å². The minimum Gasteiger partial charge on any atom is -0.491 e. The van der Waals surface area contributed by atoms with E-state index in [4.69, 9.17) is 4.74 Å². The molecule has 0 radical (unpaired) electrons. The molecule has 2 aliphatic rings. The largest absolute Gasteiger partial charge is 0.491 e. The van der Waals surface area contributed by atoms with Crippen molar-refractivity contribution in [1.29, 1.82) is 0 Å². The second kappa shape index (κ2) is 7.27. The van der Waals surface area contributed by atoms with Crippen molar-refractivity contribution in [2.45, 2.75) is 58.1 Å². The molecule has 142 valence electrons. The normalized spacial score (nSPS) is 26.9. The molecular formula is C20H28N2O4. The molecule has 6 nitrogen and oxygen atoms in total. The zero-order valence-corrected chi connectivity index (χ0v) is 15.7. The Morgan fingerprint density at radius 3 is 2.69 bits per heavy atom. The summed E-state index contributed by atoms with van der Waals surface area (Å²) in [7, 11) is 0. The highest BCUT2D eigenvalue weighted by molar-refractivity contribution is 6.07. The molecule has 3 amide bonds. The van der Waals surface area contributed by atoms with E-state index in [0.29, 0.717) is 24.5 Å². The molecule has 1 saturated carbocycles. The summed E-state index contributed by atoms with van der Waals surface area (Å²) in [6, 6.07) is 5.46. The highest BCUT2D eigenvalue weighted by Crippen LogP contribution is 2.36. The lowest BCUT2D eigenvalue weighted by Gasteiger charge is -2.33. The molecule has 2 N–H and O–H groups in total. The molecule has 1 aromatic rings. The van der Waals surface area contributed by atoms with Gasteiger partial charge >= 0.3 is 6.03 Å². The second-order valence-corrected chi connectivity index (χ2v) is 7.84. The van der Waals surface area contributed by atoms with Crippen LogP contribution in [0.5, 0.6) is 5.75 Å². The molecule has 1 atom stereocenters. The first kappa shape index (κ1) is 18.7. The molecule has 1 aliphatic heterocycles. The average Bonchev–Trinajstić information content (AvgIpc) is 2.83. The van der Waals surface area contributed by atoms with Crippen LogP contribution in [0.2, 0.25) is 0 Å². The fourth-order valence-electron chi connectivity index (χ4n) is 3.75. The first-order chi connectivity index (χ1) is 12.3. The van der Waals surface area contributed by atoms with Crippen molar-refractivity contribution in [3.63, 3.8) is 0 Å². The third-order valence-electron chi connectivity index (χ3n) is 5.54. The Hall–Kier alpha value is -2.08. The monoisotopic (exact) mass is 360 g/mol. The predicted molar refractivity (Wildman–Crippen MR) is 98.0 cm³/mol. The van der Waals surface area contributed by atoms with E-state index in [1.54, 1.807) is 0 Å². The van der Waals surface area contributed by atoms with Gasteiger partial charge in [0.05, 0.1) is 6.54 Å². The van der Waals surface area contributed by atoms with E-state index in [2.05, 4.69) is 12.2 Å². The number of benzene rings is 1. The van der Waals surface area contributed by atoms with Gasteiger partial charge in [-0.2, -0.15) is 0 Å². The average molecular weight is 360 g/mol. The Balaban J connectivity index is 1.59. The highest BCUT2D eigenvalue weighted by atomic mass is 16.5. The van der Waals surface area contributed by atoms with Crippen LogP contribution in [0.25, 0.3) is 0 Å². The Morgan fingerprint density at radius 1 is 1.31 bits per heavy atom. The number of carbonyl (C=O) groups is 2. The van der Waals surface area contributed by atoms with Crippen molar-refractivity contribution >= 4 is 11.9 Å². The standard InChI is InChI=1S/C20H28N2O4/c1-13-6-8-20(9-7-13)18(24)22(19(25)21-20)11-16(23)12-26-17-10-14(2)4-5-15(17)3/h4-5,10,13,16,23H,6-9,11-12H2,1-3H3,(H,21,25)/t13?,16-,20?/m0/s1. The molecule has 2 fully saturated rings. The summed E-state index contributed by atoms with van der Waals surface area (Å²) in [6.07, 6.45) is 2.27. The molecule has 1 spiro atoms. The van der Waals surface area contributed by atoms with Crippen LogP contribution in [0.15, 0.2) is 18.2 Å². The molecule has 0 bridgehead atoms. The Labute approximate surface area is 154 Å². The number of aliphatic hydroxyl groups excluding tert-OH is 1. The quantitative estimate of drug-likeness (QED) is 0.791. The molecule has 1 saturated heterocycles. The van der Waals surface area contributed by atoms with Gasteiger partial charge in [-0.3, -0.25) is 9.69 Å². The number of hydrogen-bond donors (Lipinski definition) is 2. The van der Waals surface area contributed by atoms with Crippen molar-refractivity contribution in [3.8, 4) is 5.75 Å². The predicted octanol–water partition coefficient (Wildman–Crippen LogP) is 2.54. The van der Waals surface area contributed by atoms with Crippen LogP contribution in [0.1, 0.15) is 43.7 Å².